The van der Waals surface area contributed by atoms with Crippen LogP contribution in [-0.4, -0.2) is 49.8 Å². The lowest BCUT2D eigenvalue weighted by Crippen LogP contribution is -2.44. The van der Waals surface area contributed by atoms with E-state index < -0.39 is 12.1 Å². The van der Waals surface area contributed by atoms with Crippen molar-refractivity contribution in [2.24, 2.45) is 0 Å². The highest BCUT2D eigenvalue weighted by Gasteiger charge is 2.17. The molecule has 0 heterocycles. The van der Waals surface area contributed by atoms with E-state index >= 15 is 0 Å². The first-order chi connectivity index (χ1) is 6.52. The van der Waals surface area contributed by atoms with Crippen molar-refractivity contribution in [2.75, 3.05) is 20.7 Å². The van der Waals surface area contributed by atoms with Gasteiger partial charge in [-0.15, -0.1) is 0 Å². The van der Waals surface area contributed by atoms with Gasteiger partial charge in [0, 0.05) is 0 Å². The Kier molecular flexibility index (Phi) is 5.82. The molecule has 0 aliphatic heterocycles. The number of ether oxygens (including phenoxy) is 1. The second-order valence-corrected chi connectivity index (χ2v) is 2.79. The zero-order valence-electron chi connectivity index (χ0n) is 8.53. The number of carbonyl (C=O) groups is 2. The van der Waals surface area contributed by atoms with Gasteiger partial charge in [-0.2, -0.15) is 0 Å². The number of aliphatic hydroxyl groups is 1. The van der Waals surface area contributed by atoms with Gasteiger partial charge in [-0.3, -0.25) is 4.79 Å². The summed E-state index contributed by atoms with van der Waals surface area (Å²) in [6.07, 6.45) is -1.31. The molecule has 0 spiro atoms. The molecule has 0 aromatic rings. The van der Waals surface area contributed by atoms with Crippen molar-refractivity contribution in [1.29, 1.82) is 0 Å². The first kappa shape index (κ1) is 12.9. The highest BCUT2D eigenvalue weighted by Crippen LogP contribution is 1.86. The van der Waals surface area contributed by atoms with Gasteiger partial charge in [-0.25, -0.2) is 4.79 Å². The molecule has 0 aliphatic carbocycles. The number of amides is 1. The van der Waals surface area contributed by atoms with E-state index in [4.69, 9.17) is 5.11 Å². The van der Waals surface area contributed by atoms with Crippen LogP contribution < -0.4 is 10.6 Å². The molecular weight excluding hydrogens is 188 g/mol. The molecule has 1 amide bonds. The van der Waals surface area contributed by atoms with Crippen LogP contribution in [0.4, 0.5) is 0 Å². The Labute approximate surface area is 82.6 Å². The van der Waals surface area contributed by atoms with Crippen molar-refractivity contribution in [3.63, 3.8) is 0 Å². The van der Waals surface area contributed by atoms with Crippen LogP contribution in [0.3, 0.4) is 0 Å². The molecule has 82 valence electrons. The molecular formula is C8H16N2O4. The summed E-state index contributed by atoms with van der Waals surface area (Å²) in [5.41, 5.74) is 0. The molecule has 0 aliphatic rings. The Balaban J connectivity index is 3.82. The van der Waals surface area contributed by atoms with Gasteiger partial charge in [0.05, 0.1) is 19.7 Å². The molecule has 2 atom stereocenters. The molecule has 0 rings (SSSR count). The van der Waals surface area contributed by atoms with E-state index in [1.807, 2.05) is 0 Å². The number of methoxy groups -OCH3 is 1. The minimum absolute atomic E-state index is 0.141. The summed E-state index contributed by atoms with van der Waals surface area (Å²) in [7, 11) is 2.81. The Morgan fingerprint density at radius 3 is 2.50 bits per heavy atom. The van der Waals surface area contributed by atoms with Gasteiger partial charge in [0.25, 0.3) is 0 Å². The summed E-state index contributed by atoms with van der Waals surface area (Å²) in [4.78, 5) is 21.9. The molecule has 0 aromatic carbocycles. The Morgan fingerprint density at radius 1 is 1.50 bits per heavy atom. The van der Waals surface area contributed by atoms with Gasteiger partial charge < -0.3 is 20.5 Å². The van der Waals surface area contributed by atoms with Gasteiger partial charge in [-0.05, 0) is 14.0 Å². The maximum Gasteiger partial charge on any atom is 0.336 e. The second kappa shape index (κ2) is 6.33. The molecule has 0 bridgehead atoms. The number of carbonyl (C=O) groups excluding carboxylic acids is 2. The smallest absolute Gasteiger partial charge is 0.336 e. The lowest BCUT2D eigenvalue weighted by Gasteiger charge is -2.13. The predicted octanol–water partition coefficient (Wildman–Crippen LogP) is -1.76. The topological polar surface area (TPSA) is 87.7 Å². The number of aliphatic hydroxyl groups excluding tert-OH is 1. The van der Waals surface area contributed by atoms with Crippen LogP contribution in [0.15, 0.2) is 0 Å². The summed E-state index contributed by atoms with van der Waals surface area (Å²) in [5, 5.41) is 14.2. The summed E-state index contributed by atoms with van der Waals surface area (Å²) in [6, 6.07) is -0.361. The average Bonchev–Trinajstić information content (AvgIpc) is 2.22. The fourth-order valence-electron chi connectivity index (χ4n) is 0.701. The second-order valence-electron chi connectivity index (χ2n) is 2.79. The summed E-state index contributed by atoms with van der Waals surface area (Å²) >= 11 is 0. The van der Waals surface area contributed by atoms with Crippen LogP contribution in [0.1, 0.15) is 6.92 Å². The van der Waals surface area contributed by atoms with Crippen LogP contribution in [0, 0.1) is 0 Å². The van der Waals surface area contributed by atoms with Crippen molar-refractivity contribution in [1.82, 2.24) is 10.6 Å². The zero-order valence-corrected chi connectivity index (χ0v) is 8.53. The van der Waals surface area contributed by atoms with Gasteiger partial charge in [-0.1, -0.05) is 0 Å². The molecule has 14 heavy (non-hydrogen) atoms. The van der Waals surface area contributed by atoms with E-state index in [0.717, 1.165) is 0 Å². The number of nitrogens with one attached hydrogen (secondary N) is 2. The van der Waals surface area contributed by atoms with Crippen LogP contribution in [0.25, 0.3) is 0 Å². The monoisotopic (exact) mass is 204 g/mol. The SMILES string of the molecule is CNC(C)C(=O)NCC(O)C(=O)OC. The Hall–Kier alpha value is -1.14. The van der Waals surface area contributed by atoms with Gasteiger partial charge in [0.1, 0.15) is 0 Å². The van der Waals surface area contributed by atoms with E-state index in [2.05, 4.69) is 15.4 Å². The third-order valence-corrected chi connectivity index (χ3v) is 1.77. The number of rotatable bonds is 5. The standard InChI is InChI=1S/C8H16N2O4/c1-5(9-2)7(12)10-4-6(11)8(13)14-3/h5-6,9,11H,4H2,1-3H3,(H,10,12). The fourth-order valence-corrected chi connectivity index (χ4v) is 0.701. The number of likely N-dealkylation sites (N-methyl/N-ethyl adjacent to an activating group) is 1. The van der Waals surface area contributed by atoms with Crippen molar-refractivity contribution < 1.29 is 19.4 Å². The highest BCUT2D eigenvalue weighted by atomic mass is 16.5. The van der Waals surface area contributed by atoms with E-state index in [1.165, 1.54) is 7.11 Å². The van der Waals surface area contributed by atoms with Gasteiger partial charge in [0.15, 0.2) is 6.10 Å². The molecule has 0 saturated heterocycles. The average molecular weight is 204 g/mol. The van der Waals surface area contributed by atoms with Crippen molar-refractivity contribution in [3.8, 4) is 0 Å². The number of hydrogen-bond donors (Lipinski definition) is 3. The minimum atomic E-state index is -1.31. The minimum Gasteiger partial charge on any atom is -0.467 e. The van der Waals surface area contributed by atoms with Crippen molar-refractivity contribution in [2.45, 2.75) is 19.1 Å². The van der Waals surface area contributed by atoms with Crippen LogP contribution in [-0.2, 0) is 14.3 Å². The maximum absolute atomic E-state index is 11.2. The Morgan fingerprint density at radius 2 is 2.07 bits per heavy atom. The molecule has 2 unspecified atom stereocenters. The van der Waals surface area contributed by atoms with Gasteiger partial charge in [0.2, 0.25) is 5.91 Å². The first-order valence-corrected chi connectivity index (χ1v) is 4.23. The van der Waals surface area contributed by atoms with E-state index in [-0.39, 0.29) is 18.5 Å². The largest absolute Gasteiger partial charge is 0.467 e. The normalized spacial score (nSPS) is 14.3. The van der Waals surface area contributed by atoms with Crippen LogP contribution in [0.2, 0.25) is 0 Å². The third-order valence-electron chi connectivity index (χ3n) is 1.77. The quantitative estimate of drug-likeness (QED) is 0.462. The predicted molar refractivity (Wildman–Crippen MR) is 49.6 cm³/mol. The Bertz CT molecular complexity index is 208. The summed E-state index contributed by atoms with van der Waals surface area (Å²) in [6.45, 7) is 1.53. The molecule has 3 N–H and O–H groups in total. The lowest BCUT2D eigenvalue weighted by atomic mass is 10.3. The molecule has 0 fully saturated rings. The van der Waals surface area contributed by atoms with Crippen molar-refractivity contribution >= 4 is 11.9 Å². The summed E-state index contributed by atoms with van der Waals surface area (Å²) in [5.74, 6) is -1.04. The lowest BCUT2D eigenvalue weighted by molar-refractivity contribution is -0.150. The highest BCUT2D eigenvalue weighted by molar-refractivity contribution is 5.82. The van der Waals surface area contributed by atoms with E-state index in [1.54, 1.807) is 14.0 Å². The fraction of sp³-hybridized carbons (Fsp3) is 0.750. The first-order valence-electron chi connectivity index (χ1n) is 4.23. The molecule has 0 radical (unpaired) electrons. The molecule has 0 saturated carbocycles. The van der Waals surface area contributed by atoms with Crippen LogP contribution >= 0.6 is 0 Å². The van der Waals surface area contributed by atoms with Crippen LogP contribution in [0.5, 0.6) is 0 Å². The zero-order chi connectivity index (χ0) is 11.1. The van der Waals surface area contributed by atoms with Gasteiger partial charge >= 0.3 is 5.97 Å². The van der Waals surface area contributed by atoms with Crippen molar-refractivity contribution in [3.05, 3.63) is 0 Å². The molecule has 6 nitrogen and oxygen atoms in total. The summed E-state index contributed by atoms with van der Waals surface area (Å²) < 4.78 is 4.28. The molecule has 6 heteroatoms. The van der Waals surface area contributed by atoms with E-state index in [0.29, 0.717) is 0 Å². The maximum atomic E-state index is 11.2. The molecule has 0 aromatic heterocycles. The number of hydrogen-bond acceptors (Lipinski definition) is 5. The number of esters is 1. The van der Waals surface area contributed by atoms with E-state index in [9.17, 15) is 9.59 Å². The third kappa shape index (κ3) is 4.20.